The van der Waals surface area contributed by atoms with E-state index in [0.29, 0.717) is 24.4 Å². The van der Waals surface area contributed by atoms with Gasteiger partial charge in [0, 0.05) is 25.6 Å². The van der Waals surface area contributed by atoms with Gasteiger partial charge in [0.1, 0.15) is 11.8 Å². The van der Waals surface area contributed by atoms with Gasteiger partial charge in [-0.2, -0.15) is 0 Å². The van der Waals surface area contributed by atoms with Crippen molar-refractivity contribution in [3.63, 3.8) is 0 Å². The molecule has 0 bridgehead atoms. The Kier molecular flexibility index (Phi) is 9.97. The minimum Gasteiger partial charge on any atom is -0.495 e. The molecular formula is C28H39N3O5S. The van der Waals surface area contributed by atoms with Crippen LogP contribution in [0.15, 0.2) is 48.5 Å². The van der Waals surface area contributed by atoms with E-state index in [1.165, 1.54) is 11.4 Å². The van der Waals surface area contributed by atoms with Crippen molar-refractivity contribution in [1.29, 1.82) is 0 Å². The first kappa shape index (κ1) is 28.5. The predicted octanol–water partition coefficient (Wildman–Crippen LogP) is 4.03. The highest BCUT2D eigenvalue weighted by Gasteiger charge is 2.29. The summed E-state index contributed by atoms with van der Waals surface area (Å²) in [5, 5.41) is 3.10. The molecule has 2 aromatic carbocycles. The lowest BCUT2D eigenvalue weighted by Crippen LogP contribution is -2.49. The third-order valence-corrected chi connectivity index (χ3v) is 8.03. The molecule has 0 saturated heterocycles. The summed E-state index contributed by atoms with van der Waals surface area (Å²) in [6, 6.07) is 14.3. The molecule has 0 spiro atoms. The summed E-state index contributed by atoms with van der Waals surface area (Å²) in [6.45, 7) is 4.18. The summed E-state index contributed by atoms with van der Waals surface area (Å²) in [4.78, 5) is 28.1. The van der Waals surface area contributed by atoms with E-state index in [0.717, 1.165) is 43.1 Å². The first-order chi connectivity index (χ1) is 17.6. The lowest BCUT2D eigenvalue weighted by molar-refractivity contribution is -0.141. The zero-order chi connectivity index (χ0) is 27.0. The Bertz CT molecular complexity index is 1160. The summed E-state index contributed by atoms with van der Waals surface area (Å²) >= 11 is 0. The predicted molar refractivity (Wildman–Crippen MR) is 146 cm³/mol. The number of methoxy groups -OCH3 is 1. The number of aryl methyl sites for hydroxylation is 1. The molecule has 202 valence electrons. The third-order valence-electron chi connectivity index (χ3n) is 6.85. The van der Waals surface area contributed by atoms with Crippen LogP contribution in [0.4, 0.5) is 5.69 Å². The van der Waals surface area contributed by atoms with Gasteiger partial charge in [0.05, 0.1) is 19.1 Å². The molecule has 9 heteroatoms. The number of para-hydroxylation sites is 2. The highest BCUT2D eigenvalue weighted by atomic mass is 32.2. The average molecular weight is 530 g/mol. The van der Waals surface area contributed by atoms with E-state index in [2.05, 4.69) is 5.32 Å². The van der Waals surface area contributed by atoms with Crippen LogP contribution in [0.2, 0.25) is 0 Å². The van der Waals surface area contributed by atoms with Crippen molar-refractivity contribution in [3.05, 3.63) is 59.7 Å². The fourth-order valence-corrected chi connectivity index (χ4v) is 5.65. The van der Waals surface area contributed by atoms with Crippen molar-refractivity contribution in [1.82, 2.24) is 10.2 Å². The second kappa shape index (κ2) is 12.9. The zero-order valence-electron chi connectivity index (χ0n) is 22.3. The molecule has 0 unspecified atom stereocenters. The fraction of sp³-hybridized carbons (Fsp3) is 0.500. The lowest BCUT2D eigenvalue weighted by Gasteiger charge is -2.30. The van der Waals surface area contributed by atoms with Gasteiger partial charge in [-0.05, 0) is 50.8 Å². The Morgan fingerprint density at radius 1 is 1.08 bits per heavy atom. The first-order valence-electron chi connectivity index (χ1n) is 12.9. The molecule has 1 aliphatic rings. The molecule has 1 aliphatic carbocycles. The van der Waals surface area contributed by atoms with Crippen LogP contribution in [0, 0.1) is 6.92 Å². The van der Waals surface area contributed by atoms with Gasteiger partial charge in [0.2, 0.25) is 21.8 Å². The molecule has 1 atom stereocenters. The van der Waals surface area contributed by atoms with Crippen molar-refractivity contribution in [2.45, 2.75) is 71.0 Å². The average Bonchev–Trinajstić information content (AvgIpc) is 3.38. The molecular weight excluding hydrogens is 490 g/mol. The second-order valence-corrected chi connectivity index (χ2v) is 11.7. The number of hydrogen-bond donors (Lipinski definition) is 1. The summed E-state index contributed by atoms with van der Waals surface area (Å²) in [5.41, 5.74) is 2.48. The second-order valence-electron chi connectivity index (χ2n) is 9.78. The van der Waals surface area contributed by atoms with E-state index in [-0.39, 0.29) is 30.8 Å². The van der Waals surface area contributed by atoms with E-state index in [1.807, 2.05) is 31.2 Å². The summed E-state index contributed by atoms with van der Waals surface area (Å²) < 4.78 is 31.7. The van der Waals surface area contributed by atoms with Crippen LogP contribution in [0.3, 0.4) is 0 Å². The molecule has 2 amide bonds. The van der Waals surface area contributed by atoms with Crippen molar-refractivity contribution in [3.8, 4) is 5.75 Å². The topological polar surface area (TPSA) is 96.0 Å². The summed E-state index contributed by atoms with van der Waals surface area (Å²) in [6.07, 6.45) is 5.69. The molecule has 0 radical (unpaired) electrons. The standard InChI is InChI=1S/C28H39N3O5S/c1-21-15-17-23(18-16-21)20-30(22(2)28(33)29-24-10-5-6-11-24)27(32)14-9-19-31(37(4,34)35)25-12-7-8-13-26(25)36-3/h7-8,12-13,15-18,22,24H,5-6,9-11,14,19-20H2,1-4H3,(H,29,33)/t22-/m1/s1. The molecule has 1 fully saturated rings. The van der Waals surface area contributed by atoms with Gasteiger partial charge < -0.3 is 15.0 Å². The van der Waals surface area contributed by atoms with Crippen molar-refractivity contribution in [2.75, 3.05) is 24.2 Å². The van der Waals surface area contributed by atoms with Crippen molar-refractivity contribution >= 4 is 27.5 Å². The van der Waals surface area contributed by atoms with Gasteiger partial charge in [0.25, 0.3) is 0 Å². The van der Waals surface area contributed by atoms with E-state index >= 15 is 0 Å². The number of carbonyl (C=O) groups excluding carboxylic acids is 2. The van der Waals surface area contributed by atoms with Crippen molar-refractivity contribution < 1.29 is 22.7 Å². The molecule has 2 aromatic rings. The van der Waals surface area contributed by atoms with Crippen LogP contribution >= 0.6 is 0 Å². The zero-order valence-corrected chi connectivity index (χ0v) is 23.1. The SMILES string of the molecule is COc1ccccc1N(CCCC(=O)N(Cc1ccc(C)cc1)[C@H](C)C(=O)NC1CCCC1)S(C)(=O)=O. The van der Waals surface area contributed by atoms with E-state index in [9.17, 15) is 18.0 Å². The number of nitrogens with one attached hydrogen (secondary N) is 1. The highest BCUT2D eigenvalue weighted by Crippen LogP contribution is 2.30. The highest BCUT2D eigenvalue weighted by molar-refractivity contribution is 7.92. The number of benzene rings is 2. The first-order valence-corrected chi connectivity index (χ1v) is 14.7. The van der Waals surface area contributed by atoms with Crippen LogP contribution in [-0.2, 0) is 26.2 Å². The van der Waals surface area contributed by atoms with Crippen LogP contribution in [0.1, 0.15) is 56.6 Å². The van der Waals surface area contributed by atoms with Gasteiger partial charge in [0.15, 0.2) is 0 Å². The lowest BCUT2D eigenvalue weighted by atomic mass is 10.1. The Labute approximate surface area is 221 Å². The van der Waals surface area contributed by atoms with Crippen LogP contribution < -0.4 is 14.4 Å². The largest absolute Gasteiger partial charge is 0.495 e. The molecule has 0 aliphatic heterocycles. The van der Waals surface area contributed by atoms with Gasteiger partial charge in [-0.3, -0.25) is 13.9 Å². The smallest absolute Gasteiger partial charge is 0.242 e. The number of sulfonamides is 1. The molecule has 0 aromatic heterocycles. The normalized spacial score (nSPS) is 14.7. The Hall–Kier alpha value is -3.07. The maximum atomic E-state index is 13.4. The minimum atomic E-state index is -3.60. The van der Waals surface area contributed by atoms with Gasteiger partial charge in [-0.25, -0.2) is 8.42 Å². The van der Waals surface area contributed by atoms with Gasteiger partial charge in [-0.1, -0.05) is 54.8 Å². The summed E-state index contributed by atoms with van der Waals surface area (Å²) in [5.74, 6) is 0.0970. The molecule has 1 saturated carbocycles. The number of carbonyl (C=O) groups is 2. The quantitative estimate of drug-likeness (QED) is 0.448. The van der Waals surface area contributed by atoms with Crippen LogP contribution in [0.25, 0.3) is 0 Å². The minimum absolute atomic E-state index is 0.105. The Morgan fingerprint density at radius 2 is 1.73 bits per heavy atom. The van der Waals surface area contributed by atoms with Gasteiger partial charge >= 0.3 is 0 Å². The number of nitrogens with zero attached hydrogens (tertiary/aromatic N) is 2. The Morgan fingerprint density at radius 3 is 2.35 bits per heavy atom. The van der Waals surface area contributed by atoms with Gasteiger partial charge in [-0.15, -0.1) is 0 Å². The number of ether oxygens (including phenoxy) is 1. The number of amides is 2. The van der Waals surface area contributed by atoms with Crippen LogP contribution in [0.5, 0.6) is 5.75 Å². The monoisotopic (exact) mass is 529 g/mol. The molecule has 8 nitrogen and oxygen atoms in total. The number of hydrogen-bond acceptors (Lipinski definition) is 5. The van der Waals surface area contributed by atoms with Crippen molar-refractivity contribution in [2.24, 2.45) is 0 Å². The van der Waals surface area contributed by atoms with E-state index in [1.54, 1.807) is 36.1 Å². The number of rotatable bonds is 12. The maximum Gasteiger partial charge on any atom is 0.242 e. The third kappa shape index (κ3) is 7.95. The molecule has 37 heavy (non-hydrogen) atoms. The van der Waals surface area contributed by atoms with Crippen LogP contribution in [-0.4, -0.2) is 57.1 Å². The maximum absolute atomic E-state index is 13.4. The molecule has 3 rings (SSSR count). The van der Waals surface area contributed by atoms with E-state index < -0.39 is 16.1 Å². The molecule has 0 heterocycles. The summed E-state index contributed by atoms with van der Waals surface area (Å²) in [7, 11) is -2.11. The molecule has 1 N–H and O–H groups in total. The Balaban J connectivity index is 1.73. The van der Waals surface area contributed by atoms with E-state index in [4.69, 9.17) is 4.74 Å². The number of anilines is 1. The fourth-order valence-electron chi connectivity index (χ4n) is 4.68.